The fraction of sp³-hybridized carbons (Fsp3) is 0.562. The third-order valence-electron chi connectivity index (χ3n) is 3.88. The van der Waals surface area contributed by atoms with Gasteiger partial charge in [-0.15, -0.1) is 0 Å². The number of nitrogens with zero attached hydrogens (tertiary/aromatic N) is 1. The van der Waals surface area contributed by atoms with Crippen LogP contribution in [0.15, 0.2) is 18.2 Å². The van der Waals surface area contributed by atoms with Gasteiger partial charge in [-0.25, -0.2) is 0 Å². The Morgan fingerprint density at radius 3 is 2.62 bits per heavy atom. The van der Waals surface area contributed by atoms with Gasteiger partial charge in [0.05, 0.1) is 16.0 Å². The molecule has 2 rings (SSSR count). The van der Waals surface area contributed by atoms with Crippen LogP contribution in [0.4, 0.5) is 0 Å². The number of nitrogens with two attached hydrogens (primary N) is 1. The van der Waals surface area contributed by atoms with Crippen molar-refractivity contribution in [3.8, 4) is 0 Å². The monoisotopic (exact) mass is 328 g/mol. The highest BCUT2D eigenvalue weighted by molar-refractivity contribution is 6.42. The van der Waals surface area contributed by atoms with E-state index in [9.17, 15) is 4.79 Å². The van der Waals surface area contributed by atoms with Gasteiger partial charge >= 0.3 is 0 Å². The highest BCUT2D eigenvalue weighted by atomic mass is 35.5. The Labute approximate surface area is 136 Å². The van der Waals surface area contributed by atoms with Crippen molar-refractivity contribution in [2.24, 2.45) is 11.7 Å². The number of carbonyl (C=O) groups is 1. The lowest BCUT2D eigenvalue weighted by Crippen LogP contribution is -2.40. The van der Waals surface area contributed by atoms with Gasteiger partial charge in [0.2, 0.25) is 5.91 Å². The molecule has 0 aliphatic heterocycles. The smallest absolute Gasteiger partial charge is 0.227 e. The molecule has 1 aliphatic rings. The molecule has 0 spiro atoms. The lowest BCUT2D eigenvalue weighted by molar-refractivity contribution is -0.136. The molecule has 5 heteroatoms. The maximum Gasteiger partial charge on any atom is 0.227 e. The van der Waals surface area contributed by atoms with E-state index in [2.05, 4.69) is 6.92 Å². The average molecular weight is 329 g/mol. The van der Waals surface area contributed by atoms with E-state index in [-0.39, 0.29) is 11.8 Å². The summed E-state index contributed by atoms with van der Waals surface area (Å²) in [5, 5.41) is 1.07. The molecule has 1 aromatic rings. The fourth-order valence-corrected chi connectivity index (χ4v) is 2.85. The summed E-state index contributed by atoms with van der Waals surface area (Å²) in [7, 11) is 0. The van der Waals surface area contributed by atoms with Crippen LogP contribution in [0.2, 0.25) is 10.0 Å². The standard InChI is InChI=1S/C16H22Cl2N2O/c1-2-3-12(9-19)16(21)20(13-5-6-13)10-11-4-7-14(17)15(18)8-11/h4,7-8,12-13H,2-3,5-6,9-10,19H2,1H3. The number of amides is 1. The number of hydrogen-bond donors (Lipinski definition) is 1. The number of halogens is 2. The molecule has 0 heterocycles. The van der Waals surface area contributed by atoms with Crippen molar-refractivity contribution in [1.82, 2.24) is 4.90 Å². The molecule has 1 aliphatic carbocycles. The second-order valence-corrected chi connectivity index (χ2v) is 6.48. The molecule has 1 unspecified atom stereocenters. The predicted octanol–water partition coefficient (Wildman–Crippen LogP) is 3.86. The Morgan fingerprint density at radius 2 is 2.10 bits per heavy atom. The van der Waals surface area contributed by atoms with Crippen molar-refractivity contribution in [1.29, 1.82) is 0 Å². The third-order valence-corrected chi connectivity index (χ3v) is 4.62. The van der Waals surface area contributed by atoms with E-state index < -0.39 is 0 Å². The molecule has 3 nitrogen and oxygen atoms in total. The van der Waals surface area contributed by atoms with Crippen LogP contribution in [0.3, 0.4) is 0 Å². The summed E-state index contributed by atoms with van der Waals surface area (Å²) in [6.07, 6.45) is 3.98. The number of carbonyl (C=O) groups excluding carboxylic acids is 1. The summed E-state index contributed by atoms with van der Waals surface area (Å²) in [5.74, 6) is 0.103. The largest absolute Gasteiger partial charge is 0.335 e. The van der Waals surface area contributed by atoms with Gasteiger partial charge in [-0.3, -0.25) is 4.79 Å². The lowest BCUT2D eigenvalue weighted by Gasteiger charge is -2.27. The van der Waals surface area contributed by atoms with Crippen LogP contribution in [-0.2, 0) is 11.3 Å². The topological polar surface area (TPSA) is 46.3 Å². The molecule has 21 heavy (non-hydrogen) atoms. The van der Waals surface area contributed by atoms with Crippen LogP contribution in [0, 0.1) is 5.92 Å². The van der Waals surface area contributed by atoms with Crippen molar-refractivity contribution in [2.45, 2.75) is 45.2 Å². The molecule has 0 bridgehead atoms. The average Bonchev–Trinajstić information content (AvgIpc) is 3.29. The first kappa shape index (κ1) is 16.6. The molecule has 0 radical (unpaired) electrons. The maximum absolute atomic E-state index is 12.7. The van der Waals surface area contributed by atoms with Crippen molar-refractivity contribution in [3.05, 3.63) is 33.8 Å². The van der Waals surface area contributed by atoms with Gasteiger partial charge < -0.3 is 10.6 Å². The molecule has 2 N–H and O–H groups in total. The third kappa shape index (κ3) is 4.35. The highest BCUT2D eigenvalue weighted by Crippen LogP contribution is 2.31. The van der Waals surface area contributed by atoms with Gasteiger partial charge in [0, 0.05) is 19.1 Å². The molecule has 1 atom stereocenters. The molecule has 1 fully saturated rings. The van der Waals surface area contributed by atoms with Crippen molar-refractivity contribution < 1.29 is 4.79 Å². The number of benzene rings is 1. The summed E-state index contributed by atoms with van der Waals surface area (Å²) < 4.78 is 0. The Balaban J connectivity index is 2.11. The van der Waals surface area contributed by atoms with E-state index in [0.29, 0.717) is 29.2 Å². The van der Waals surface area contributed by atoms with Gasteiger partial charge in [0.25, 0.3) is 0 Å². The minimum absolute atomic E-state index is 0.0710. The fourth-order valence-electron chi connectivity index (χ4n) is 2.53. The molecule has 0 saturated heterocycles. The Kier molecular flexibility index (Phi) is 5.91. The number of hydrogen-bond acceptors (Lipinski definition) is 2. The van der Waals surface area contributed by atoms with Crippen LogP contribution in [0.1, 0.15) is 38.2 Å². The van der Waals surface area contributed by atoms with Crippen LogP contribution in [0.5, 0.6) is 0 Å². The molecule has 1 aromatic carbocycles. The summed E-state index contributed by atoms with van der Waals surface area (Å²) in [5.41, 5.74) is 6.78. The van der Waals surface area contributed by atoms with E-state index in [1.807, 2.05) is 17.0 Å². The summed E-state index contributed by atoms with van der Waals surface area (Å²) in [4.78, 5) is 14.7. The van der Waals surface area contributed by atoms with E-state index in [4.69, 9.17) is 28.9 Å². The first-order valence-corrected chi connectivity index (χ1v) is 8.26. The minimum atomic E-state index is -0.0710. The van der Waals surface area contributed by atoms with Crippen LogP contribution in [0.25, 0.3) is 0 Å². The van der Waals surface area contributed by atoms with Crippen LogP contribution >= 0.6 is 23.2 Å². The van der Waals surface area contributed by atoms with Gasteiger partial charge in [0.1, 0.15) is 0 Å². The zero-order valence-electron chi connectivity index (χ0n) is 12.3. The zero-order valence-corrected chi connectivity index (χ0v) is 13.8. The summed E-state index contributed by atoms with van der Waals surface area (Å²) in [6.45, 7) is 3.08. The summed E-state index contributed by atoms with van der Waals surface area (Å²) in [6, 6.07) is 5.90. The minimum Gasteiger partial charge on any atom is -0.335 e. The molecule has 1 saturated carbocycles. The maximum atomic E-state index is 12.7. The molecule has 116 valence electrons. The van der Waals surface area contributed by atoms with E-state index in [0.717, 1.165) is 31.2 Å². The quantitative estimate of drug-likeness (QED) is 0.826. The SMILES string of the molecule is CCCC(CN)C(=O)N(Cc1ccc(Cl)c(Cl)c1)C1CC1. The Morgan fingerprint density at radius 1 is 1.38 bits per heavy atom. The second-order valence-electron chi connectivity index (χ2n) is 5.67. The van der Waals surface area contributed by atoms with E-state index in [1.54, 1.807) is 6.07 Å². The highest BCUT2D eigenvalue weighted by Gasteiger charge is 2.35. The Hall–Kier alpha value is -0.770. The zero-order chi connectivity index (χ0) is 15.4. The van der Waals surface area contributed by atoms with Crippen molar-refractivity contribution in [3.63, 3.8) is 0 Å². The lowest BCUT2D eigenvalue weighted by atomic mass is 10.0. The van der Waals surface area contributed by atoms with Crippen molar-refractivity contribution in [2.75, 3.05) is 6.54 Å². The van der Waals surface area contributed by atoms with E-state index >= 15 is 0 Å². The Bertz CT molecular complexity index is 503. The van der Waals surface area contributed by atoms with Crippen LogP contribution in [-0.4, -0.2) is 23.4 Å². The van der Waals surface area contributed by atoms with E-state index in [1.165, 1.54) is 0 Å². The van der Waals surface area contributed by atoms with Crippen molar-refractivity contribution >= 4 is 29.1 Å². The van der Waals surface area contributed by atoms with Gasteiger partial charge in [-0.2, -0.15) is 0 Å². The molecular formula is C16H22Cl2N2O. The van der Waals surface area contributed by atoms with Gasteiger partial charge in [-0.05, 0) is 37.0 Å². The normalized spacial score (nSPS) is 15.8. The van der Waals surface area contributed by atoms with Gasteiger partial charge in [-0.1, -0.05) is 42.6 Å². The predicted molar refractivity (Wildman–Crippen MR) is 87.5 cm³/mol. The molecule has 1 amide bonds. The first-order valence-electron chi connectivity index (χ1n) is 7.51. The second kappa shape index (κ2) is 7.48. The van der Waals surface area contributed by atoms with Crippen LogP contribution < -0.4 is 5.73 Å². The summed E-state index contributed by atoms with van der Waals surface area (Å²) >= 11 is 12.0. The molecular weight excluding hydrogens is 307 g/mol. The molecule has 0 aromatic heterocycles. The number of rotatable bonds is 7. The van der Waals surface area contributed by atoms with Gasteiger partial charge in [0.15, 0.2) is 0 Å². The first-order chi connectivity index (χ1) is 10.1.